The highest BCUT2D eigenvalue weighted by molar-refractivity contribution is 5.75. The zero-order valence-electron chi connectivity index (χ0n) is 9.09. The standard InChI is InChI=1S/C12H21NO/c1-2-3-12(14)13-8-11-7-9-4-5-10(11)6-9/h9-11H,2-8H2,1H3,(H,13,14). The number of fused-ring (bicyclic) bond motifs is 2. The Labute approximate surface area is 86.5 Å². The first-order chi connectivity index (χ1) is 6.79. The van der Waals surface area contributed by atoms with E-state index in [2.05, 4.69) is 12.2 Å². The van der Waals surface area contributed by atoms with Gasteiger partial charge in [-0.15, -0.1) is 0 Å². The molecule has 80 valence electrons. The minimum Gasteiger partial charge on any atom is -0.356 e. The predicted molar refractivity (Wildman–Crippen MR) is 56.9 cm³/mol. The third-order valence-electron chi connectivity index (χ3n) is 3.92. The molecule has 0 aromatic heterocycles. The summed E-state index contributed by atoms with van der Waals surface area (Å²) in [5, 5.41) is 3.07. The van der Waals surface area contributed by atoms with Gasteiger partial charge in [-0.3, -0.25) is 4.79 Å². The molecule has 2 bridgehead atoms. The fourth-order valence-electron chi connectivity index (χ4n) is 3.19. The molecule has 2 saturated carbocycles. The fourth-order valence-corrected chi connectivity index (χ4v) is 3.19. The Morgan fingerprint density at radius 3 is 2.79 bits per heavy atom. The molecular weight excluding hydrogens is 174 g/mol. The third kappa shape index (κ3) is 2.10. The second-order valence-electron chi connectivity index (χ2n) is 4.99. The quantitative estimate of drug-likeness (QED) is 0.733. The van der Waals surface area contributed by atoms with Gasteiger partial charge in [-0.05, 0) is 43.4 Å². The molecule has 14 heavy (non-hydrogen) atoms. The molecule has 2 aliphatic rings. The minimum absolute atomic E-state index is 0.246. The van der Waals surface area contributed by atoms with Crippen molar-refractivity contribution in [2.45, 2.75) is 45.4 Å². The molecule has 3 unspecified atom stereocenters. The van der Waals surface area contributed by atoms with Crippen molar-refractivity contribution in [2.75, 3.05) is 6.54 Å². The maximum absolute atomic E-state index is 11.3. The van der Waals surface area contributed by atoms with E-state index in [4.69, 9.17) is 0 Å². The van der Waals surface area contributed by atoms with Crippen LogP contribution in [-0.4, -0.2) is 12.5 Å². The van der Waals surface area contributed by atoms with Crippen LogP contribution in [0.3, 0.4) is 0 Å². The largest absolute Gasteiger partial charge is 0.356 e. The molecule has 0 spiro atoms. The number of amides is 1. The summed E-state index contributed by atoms with van der Waals surface area (Å²) in [5.41, 5.74) is 0. The molecule has 2 aliphatic carbocycles. The van der Waals surface area contributed by atoms with Crippen molar-refractivity contribution < 1.29 is 4.79 Å². The molecule has 0 radical (unpaired) electrons. The average molecular weight is 195 g/mol. The molecule has 2 rings (SSSR count). The van der Waals surface area contributed by atoms with Gasteiger partial charge < -0.3 is 5.32 Å². The van der Waals surface area contributed by atoms with Gasteiger partial charge in [0.25, 0.3) is 0 Å². The van der Waals surface area contributed by atoms with Crippen molar-refractivity contribution in [2.24, 2.45) is 17.8 Å². The van der Waals surface area contributed by atoms with E-state index in [1.54, 1.807) is 0 Å². The summed E-state index contributed by atoms with van der Waals surface area (Å²) in [6.07, 6.45) is 7.33. The van der Waals surface area contributed by atoms with Gasteiger partial charge in [0.1, 0.15) is 0 Å². The molecule has 0 aliphatic heterocycles. The van der Waals surface area contributed by atoms with E-state index in [0.717, 1.165) is 30.7 Å². The lowest BCUT2D eigenvalue weighted by Gasteiger charge is -2.21. The van der Waals surface area contributed by atoms with Crippen LogP contribution in [-0.2, 0) is 4.79 Å². The normalized spacial score (nSPS) is 34.8. The van der Waals surface area contributed by atoms with Crippen LogP contribution in [0.15, 0.2) is 0 Å². The number of nitrogens with one attached hydrogen (secondary N) is 1. The topological polar surface area (TPSA) is 29.1 Å². The molecule has 0 saturated heterocycles. The van der Waals surface area contributed by atoms with Crippen LogP contribution in [0.25, 0.3) is 0 Å². The molecule has 3 atom stereocenters. The van der Waals surface area contributed by atoms with Gasteiger partial charge in [0, 0.05) is 13.0 Å². The number of carbonyl (C=O) groups excluding carboxylic acids is 1. The van der Waals surface area contributed by atoms with Gasteiger partial charge in [-0.1, -0.05) is 13.3 Å². The summed E-state index contributed by atoms with van der Waals surface area (Å²) in [6.45, 7) is 3.00. The Kier molecular flexibility index (Phi) is 3.09. The number of carbonyl (C=O) groups is 1. The summed E-state index contributed by atoms with van der Waals surface area (Å²) < 4.78 is 0. The van der Waals surface area contributed by atoms with Crippen molar-refractivity contribution >= 4 is 5.91 Å². The average Bonchev–Trinajstić information content (AvgIpc) is 2.76. The summed E-state index contributed by atoms with van der Waals surface area (Å²) in [5.74, 6) is 2.97. The Bertz CT molecular complexity index is 214. The van der Waals surface area contributed by atoms with Gasteiger partial charge in [-0.25, -0.2) is 0 Å². The monoisotopic (exact) mass is 195 g/mol. The molecule has 2 heteroatoms. The van der Waals surface area contributed by atoms with E-state index in [-0.39, 0.29) is 5.91 Å². The van der Waals surface area contributed by atoms with E-state index in [0.29, 0.717) is 6.42 Å². The number of hydrogen-bond donors (Lipinski definition) is 1. The molecule has 2 nitrogen and oxygen atoms in total. The highest BCUT2D eigenvalue weighted by atomic mass is 16.1. The molecule has 0 aromatic rings. The van der Waals surface area contributed by atoms with Gasteiger partial charge in [0.05, 0.1) is 0 Å². The molecule has 2 fully saturated rings. The molecular formula is C12H21NO. The van der Waals surface area contributed by atoms with Crippen molar-refractivity contribution in [3.63, 3.8) is 0 Å². The van der Waals surface area contributed by atoms with E-state index in [1.165, 1.54) is 25.7 Å². The Morgan fingerprint density at radius 1 is 1.36 bits per heavy atom. The predicted octanol–water partition coefficient (Wildman–Crippen LogP) is 2.34. The maximum atomic E-state index is 11.3. The van der Waals surface area contributed by atoms with E-state index < -0.39 is 0 Å². The van der Waals surface area contributed by atoms with Gasteiger partial charge in [0.15, 0.2) is 0 Å². The van der Waals surface area contributed by atoms with Gasteiger partial charge in [0.2, 0.25) is 5.91 Å². The van der Waals surface area contributed by atoms with Crippen LogP contribution in [0.1, 0.15) is 45.4 Å². The van der Waals surface area contributed by atoms with Crippen LogP contribution in [0, 0.1) is 17.8 Å². The summed E-state index contributed by atoms with van der Waals surface area (Å²) >= 11 is 0. The Balaban J connectivity index is 1.69. The van der Waals surface area contributed by atoms with E-state index >= 15 is 0 Å². The van der Waals surface area contributed by atoms with Crippen molar-refractivity contribution in [3.05, 3.63) is 0 Å². The second kappa shape index (κ2) is 4.33. The Hall–Kier alpha value is -0.530. The lowest BCUT2D eigenvalue weighted by atomic mass is 9.89. The van der Waals surface area contributed by atoms with Gasteiger partial charge >= 0.3 is 0 Å². The summed E-state index contributed by atoms with van der Waals surface area (Å²) in [7, 11) is 0. The van der Waals surface area contributed by atoms with Crippen LogP contribution in [0.2, 0.25) is 0 Å². The van der Waals surface area contributed by atoms with E-state index in [9.17, 15) is 4.79 Å². The second-order valence-corrected chi connectivity index (χ2v) is 4.99. The lowest BCUT2D eigenvalue weighted by molar-refractivity contribution is -0.121. The number of hydrogen-bond acceptors (Lipinski definition) is 1. The smallest absolute Gasteiger partial charge is 0.219 e. The van der Waals surface area contributed by atoms with Gasteiger partial charge in [-0.2, -0.15) is 0 Å². The van der Waals surface area contributed by atoms with E-state index in [1.807, 2.05) is 0 Å². The van der Waals surface area contributed by atoms with Crippen LogP contribution < -0.4 is 5.32 Å². The Morgan fingerprint density at radius 2 is 2.21 bits per heavy atom. The fraction of sp³-hybridized carbons (Fsp3) is 0.917. The van der Waals surface area contributed by atoms with Crippen molar-refractivity contribution in [1.82, 2.24) is 5.32 Å². The SMILES string of the molecule is CCCC(=O)NCC1CC2CCC1C2. The third-order valence-corrected chi connectivity index (χ3v) is 3.92. The highest BCUT2D eigenvalue weighted by Gasteiger charge is 2.39. The molecule has 1 N–H and O–H groups in total. The first kappa shape index (κ1) is 10.0. The molecule has 0 heterocycles. The summed E-state index contributed by atoms with van der Waals surface area (Å²) in [4.78, 5) is 11.3. The van der Waals surface area contributed by atoms with Crippen molar-refractivity contribution in [1.29, 1.82) is 0 Å². The first-order valence-corrected chi connectivity index (χ1v) is 6.06. The molecule has 0 aromatic carbocycles. The number of rotatable bonds is 4. The lowest BCUT2D eigenvalue weighted by Crippen LogP contribution is -2.31. The maximum Gasteiger partial charge on any atom is 0.219 e. The zero-order chi connectivity index (χ0) is 9.97. The van der Waals surface area contributed by atoms with Crippen molar-refractivity contribution in [3.8, 4) is 0 Å². The highest BCUT2D eigenvalue weighted by Crippen LogP contribution is 2.47. The zero-order valence-corrected chi connectivity index (χ0v) is 9.09. The minimum atomic E-state index is 0.246. The van der Waals surface area contributed by atoms with Crippen LogP contribution in [0.5, 0.6) is 0 Å². The first-order valence-electron chi connectivity index (χ1n) is 6.06. The molecule has 1 amide bonds. The summed E-state index contributed by atoms with van der Waals surface area (Å²) in [6, 6.07) is 0. The van der Waals surface area contributed by atoms with Crippen LogP contribution in [0.4, 0.5) is 0 Å². The van der Waals surface area contributed by atoms with Crippen LogP contribution >= 0.6 is 0 Å².